The molecule has 0 unspecified atom stereocenters. The maximum absolute atomic E-state index is 2.42. The number of anilines is 3. The minimum absolute atomic E-state index is 0.808. The second-order valence-corrected chi connectivity index (χ2v) is 16.5. The number of hydrogen-bond acceptors (Lipinski definition) is 1. The molecule has 10 aromatic carbocycles. The molecule has 11 aromatic rings. The molecule has 0 aliphatic carbocycles. The zero-order valence-corrected chi connectivity index (χ0v) is 35.6. The van der Waals surface area contributed by atoms with Crippen molar-refractivity contribution in [2.45, 2.75) is 12.8 Å². The van der Waals surface area contributed by atoms with Gasteiger partial charge in [-0.15, -0.1) is 0 Å². The third kappa shape index (κ3) is 7.57. The van der Waals surface area contributed by atoms with Crippen LogP contribution in [0.3, 0.4) is 0 Å². The Bertz CT molecular complexity index is 3300. The zero-order chi connectivity index (χ0) is 42.7. The fourth-order valence-corrected chi connectivity index (χ4v) is 9.46. The highest BCUT2D eigenvalue weighted by Crippen LogP contribution is 2.42. The highest BCUT2D eigenvalue weighted by molar-refractivity contribution is 6.09. The van der Waals surface area contributed by atoms with Crippen molar-refractivity contribution in [3.63, 3.8) is 0 Å². The van der Waals surface area contributed by atoms with E-state index in [9.17, 15) is 0 Å². The van der Waals surface area contributed by atoms with Crippen LogP contribution in [-0.4, -0.2) is 4.57 Å². The normalized spacial score (nSPS) is 11.2. The van der Waals surface area contributed by atoms with Gasteiger partial charge in [-0.25, -0.2) is 0 Å². The number of rotatable bonds is 11. The van der Waals surface area contributed by atoms with Crippen molar-refractivity contribution < 1.29 is 0 Å². The summed E-state index contributed by atoms with van der Waals surface area (Å²) in [6, 6.07) is 92.6. The lowest BCUT2D eigenvalue weighted by atomic mass is 9.89. The topological polar surface area (TPSA) is 8.17 Å². The van der Waals surface area contributed by atoms with E-state index in [1.165, 1.54) is 71.9 Å². The summed E-state index contributed by atoms with van der Waals surface area (Å²) in [7, 11) is 0. The SMILES string of the molecule is c1ccc(Cc2ccccc2-c2ccc(N(c3ccc(-c4ccccc4)cc3)c3ccc(-c4ccccc4-n4c5ccccc5c5ccccc54)cc3)cc2Cc2ccccc2)cc1. The molecule has 0 aliphatic heterocycles. The number of fused-ring (bicyclic) bond motifs is 3. The Hall–Kier alpha value is -8.20. The van der Waals surface area contributed by atoms with E-state index in [4.69, 9.17) is 0 Å². The van der Waals surface area contributed by atoms with E-state index in [-0.39, 0.29) is 0 Å². The van der Waals surface area contributed by atoms with Crippen molar-refractivity contribution in [2.75, 3.05) is 4.90 Å². The summed E-state index contributed by atoms with van der Waals surface area (Å²) >= 11 is 0. The Labute approximate surface area is 375 Å². The Morgan fingerprint density at radius 3 is 1.36 bits per heavy atom. The average molecular weight is 819 g/mol. The molecule has 1 heterocycles. The summed E-state index contributed by atoms with van der Waals surface area (Å²) in [5, 5.41) is 2.52. The molecule has 64 heavy (non-hydrogen) atoms. The van der Waals surface area contributed by atoms with Crippen LogP contribution in [0.1, 0.15) is 22.3 Å². The molecule has 0 aliphatic rings. The van der Waals surface area contributed by atoms with Crippen LogP contribution < -0.4 is 4.90 Å². The van der Waals surface area contributed by atoms with Crippen LogP contribution in [0.4, 0.5) is 17.1 Å². The van der Waals surface area contributed by atoms with Crippen LogP contribution in [0.25, 0.3) is 60.9 Å². The quantitative estimate of drug-likeness (QED) is 0.126. The minimum atomic E-state index is 0.808. The summed E-state index contributed by atoms with van der Waals surface area (Å²) in [6.07, 6.45) is 1.68. The maximum atomic E-state index is 2.42. The predicted molar refractivity (Wildman–Crippen MR) is 270 cm³/mol. The molecule has 0 amide bonds. The Kier molecular flexibility index (Phi) is 10.5. The molecule has 304 valence electrons. The maximum Gasteiger partial charge on any atom is 0.0541 e. The van der Waals surface area contributed by atoms with Crippen molar-refractivity contribution in [3.8, 4) is 39.1 Å². The summed E-state index contributed by atoms with van der Waals surface area (Å²) in [4.78, 5) is 2.41. The van der Waals surface area contributed by atoms with E-state index in [0.29, 0.717) is 0 Å². The monoisotopic (exact) mass is 818 g/mol. The van der Waals surface area contributed by atoms with Crippen molar-refractivity contribution in [2.24, 2.45) is 0 Å². The molecular formula is C62H46N2. The van der Waals surface area contributed by atoms with Crippen molar-refractivity contribution in [3.05, 3.63) is 277 Å². The standard InChI is InChI=1S/C62H46N2/c1-4-18-45(19-5-1)42-50-24-10-11-25-55(50)56-41-40-54(44-51(56)43-46-20-6-2-7-21-46)63(52-36-32-48(33-37-52)47-22-8-3-9-23-47)53-38-34-49(35-39-53)57-26-12-15-29-60(57)64-61-30-16-13-27-58(61)59-28-14-17-31-62(59)64/h1-41,44H,42-43H2. The average Bonchev–Trinajstić information content (AvgIpc) is 3.70. The molecular weight excluding hydrogens is 773 g/mol. The van der Waals surface area contributed by atoms with Crippen molar-refractivity contribution in [1.82, 2.24) is 4.57 Å². The lowest BCUT2D eigenvalue weighted by Crippen LogP contribution is -2.11. The minimum Gasteiger partial charge on any atom is -0.310 e. The van der Waals surface area contributed by atoms with Crippen LogP contribution >= 0.6 is 0 Å². The van der Waals surface area contributed by atoms with Crippen molar-refractivity contribution in [1.29, 1.82) is 0 Å². The van der Waals surface area contributed by atoms with Gasteiger partial charge in [-0.05, 0) is 118 Å². The van der Waals surface area contributed by atoms with Gasteiger partial charge in [0.2, 0.25) is 0 Å². The highest BCUT2D eigenvalue weighted by atomic mass is 15.1. The van der Waals surface area contributed by atoms with Gasteiger partial charge in [0.1, 0.15) is 0 Å². The van der Waals surface area contributed by atoms with Crippen LogP contribution in [0.2, 0.25) is 0 Å². The second-order valence-electron chi connectivity index (χ2n) is 16.5. The van der Waals surface area contributed by atoms with E-state index in [2.05, 4.69) is 264 Å². The Morgan fingerprint density at radius 2 is 0.734 bits per heavy atom. The fraction of sp³-hybridized carbons (Fsp3) is 0.0323. The molecule has 1 aromatic heterocycles. The van der Waals surface area contributed by atoms with E-state index < -0.39 is 0 Å². The van der Waals surface area contributed by atoms with Gasteiger partial charge in [0.25, 0.3) is 0 Å². The molecule has 0 fully saturated rings. The molecule has 2 heteroatoms. The van der Waals surface area contributed by atoms with E-state index >= 15 is 0 Å². The van der Waals surface area contributed by atoms with Crippen LogP contribution in [0.5, 0.6) is 0 Å². The van der Waals surface area contributed by atoms with Gasteiger partial charge in [0, 0.05) is 33.4 Å². The van der Waals surface area contributed by atoms with Gasteiger partial charge >= 0.3 is 0 Å². The summed E-state index contributed by atoms with van der Waals surface area (Å²) < 4.78 is 2.42. The molecule has 0 saturated heterocycles. The summed E-state index contributed by atoms with van der Waals surface area (Å²) in [6.45, 7) is 0. The largest absolute Gasteiger partial charge is 0.310 e. The molecule has 0 radical (unpaired) electrons. The molecule has 0 atom stereocenters. The summed E-state index contributed by atoms with van der Waals surface area (Å²) in [5.74, 6) is 0. The number of benzene rings is 10. The number of para-hydroxylation sites is 3. The number of aromatic nitrogens is 1. The van der Waals surface area contributed by atoms with Gasteiger partial charge in [0.15, 0.2) is 0 Å². The third-order valence-electron chi connectivity index (χ3n) is 12.5. The first kappa shape index (κ1) is 38.7. The summed E-state index contributed by atoms with van der Waals surface area (Å²) in [5.41, 5.74) is 19.3. The first-order valence-corrected chi connectivity index (χ1v) is 22.2. The van der Waals surface area contributed by atoms with E-state index in [1.54, 1.807) is 0 Å². The van der Waals surface area contributed by atoms with Crippen molar-refractivity contribution >= 4 is 38.9 Å². The smallest absolute Gasteiger partial charge is 0.0541 e. The first-order chi connectivity index (χ1) is 31.7. The number of hydrogen-bond donors (Lipinski definition) is 0. The molecule has 0 saturated carbocycles. The molecule has 0 spiro atoms. The second kappa shape index (κ2) is 17.3. The van der Waals surface area contributed by atoms with Gasteiger partial charge in [-0.2, -0.15) is 0 Å². The Balaban J connectivity index is 1.04. The molecule has 0 bridgehead atoms. The third-order valence-corrected chi connectivity index (χ3v) is 12.5. The predicted octanol–water partition coefficient (Wildman–Crippen LogP) is 16.4. The highest BCUT2D eigenvalue weighted by Gasteiger charge is 2.19. The Morgan fingerprint density at radius 1 is 0.297 bits per heavy atom. The van der Waals surface area contributed by atoms with E-state index in [1.807, 2.05) is 0 Å². The number of nitrogens with zero attached hydrogens (tertiary/aromatic N) is 2. The first-order valence-electron chi connectivity index (χ1n) is 22.2. The van der Waals surface area contributed by atoms with E-state index in [0.717, 1.165) is 41.2 Å². The van der Waals surface area contributed by atoms with Crippen LogP contribution in [0.15, 0.2) is 255 Å². The molecule has 0 N–H and O–H groups in total. The van der Waals surface area contributed by atoms with Gasteiger partial charge in [0.05, 0.1) is 16.7 Å². The van der Waals surface area contributed by atoms with Gasteiger partial charge < -0.3 is 9.47 Å². The lowest BCUT2D eigenvalue weighted by Gasteiger charge is -2.27. The van der Waals surface area contributed by atoms with Gasteiger partial charge in [-0.1, -0.05) is 200 Å². The van der Waals surface area contributed by atoms with Crippen LogP contribution in [-0.2, 0) is 12.8 Å². The lowest BCUT2D eigenvalue weighted by molar-refractivity contribution is 1.16. The zero-order valence-electron chi connectivity index (χ0n) is 35.6. The van der Waals surface area contributed by atoms with Crippen LogP contribution in [0, 0.1) is 0 Å². The fourth-order valence-electron chi connectivity index (χ4n) is 9.46. The molecule has 11 rings (SSSR count). The van der Waals surface area contributed by atoms with Gasteiger partial charge in [-0.3, -0.25) is 0 Å². The molecule has 2 nitrogen and oxygen atoms in total.